The fourth-order valence-corrected chi connectivity index (χ4v) is 2.69. The molecule has 0 atom stereocenters. The van der Waals surface area contributed by atoms with Gasteiger partial charge in [0.1, 0.15) is 0 Å². The molecule has 0 aromatic carbocycles. The van der Waals surface area contributed by atoms with Gasteiger partial charge in [0.2, 0.25) is 10.0 Å². The number of halogens is 1. The maximum absolute atomic E-state index is 11.7. The molecule has 9 nitrogen and oxygen atoms in total. The SMILES string of the molecule is CC(C)(CO)NS(=O)(=O)CCNC(=O)N(CCCl)N=O. The molecule has 0 aliphatic carbocycles. The number of amides is 2. The van der Waals surface area contributed by atoms with Crippen LogP contribution in [0.2, 0.25) is 0 Å². The predicted octanol–water partition coefficient (Wildman–Crippen LogP) is -0.391. The molecule has 0 aliphatic heterocycles. The van der Waals surface area contributed by atoms with Gasteiger partial charge in [-0.3, -0.25) is 0 Å². The van der Waals surface area contributed by atoms with Gasteiger partial charge in [-0.25, -0.2) is 17.9 Å². The lowest BCUT2D eigenvalue weighted by atomic mass is 10.1. The monoisotopic (exact) mass is 330 g/mol. The maximum atomic E-state index is 11.7. The minimum absolute atomic E-state index is 0.0315. The molecule has 0 aliphatic rings. The highest BCUT2D eigenvalue weighted by atomic mass is 35.5. The number of aliphatic hydroxyl groups is 1. The lowest BCUT2D eigenvalue weighted by Gasteiger charge is -2.23. The zero-order chi connectivity index (χ0) is 15.8. The van der Waals surface area contributed by atoms with Gasteiger partial charge in [0, 0.05) is 12.4 Å². The summed E-state index contributed by atoms with van der Waals surface area (Å²) in [5.74, 6) is -0.362. The Hall–Kier alpha value is -0.970. The average Bonchev–Trinajstić information content (AvgIpc) is 2.34. The number of aliphatic hydroxyl groups excluding tert-OH is 1. The number of carbonyl (C=O) groups is 1. The quantitative estimate of drug-likeness (QED) is 0.301. The van der Waals surface area contributed by atoms with Crippen LogP contribution >= 0.6 is 11.6 Å². The minimum Gasteiger partial charge on any atom is -0.394 e. The minimum atomic E-state index is -3.67. The van der Waals surface area contributed by atoms with Crippen molar-refractivity contribution in [2.75, 3.05) is 31.3 Å². The standard InChI is InChI=1S/C9H19ClN4O5S/c1-9(2,7-15)12-20(18,19)6-4-11-8(16)14(13-17)5-3-10/h12,15H,3-7H2,1-2H3,(H,11,16). The lowest BCUT2D eigenvalue weighted by Crippen LogP contribution is -2.48. The molecule has 0 bridgehead atoms. The second-order valence-corrected chi connectivity index (χ2v) is 6.81. The van der Waals surface area contributed by atoms with Crippen LogP contribution in [0.15, 0.2) is 5.29 Å². The maximum Gasteiger partial charge on any atom is 0.340 e. The summed E-state index contributed by atoms with van der Waals surface area (Å²) in [6, 6.07) is -0.822. The second kappa shape index (κ2) is 8.35. The Labute approximate surface area is 122 Å². The average molecular weight is 331 g/mol. The first-order valence-electron chi connectivity index (χ1n) is 5.74. The molecule has 0 saturated carbocycles. The van der Waals surface area contributed by atoms with Crippen LogP contribution in [-0.4, -0.2) is 61.4 Å². The van der Waals surface area contributed by atoms with Gasteiger partial charge in [-0.1, -0.05) is 0 Å². The predicted molar refractivity (Wildman–Crippen MR) is 74.7 cm³/mol. The second-order valence-electron chi connectivity index (χ2n) is 4.59. The van der Waals surface area contributed by atoms with Crippen LogP contribution in [0.25, 0.3) is 0 Å². The van der Waals surface area contributed by atoms with Crippen molar-refractivity contribution in [3.8, 4) is 0 Å². The molecule has 0 spiro atoms. The topological polar surface area (TPSA) is 128 Å². The molecule has 2 amide bonds. The van der Waals surface area contributed by atoms with Gasteiger partial charge >= 0.3 is 6.03 Å². The molecule has 11 heteroatoms. The van der Waals surface area contributed by atoms with E-state index in [1.165, 1.54) is 13.8 Å². The number of carbonyl (C=O) groups excluding carboxylic acids is 1. The highest BCUT2D eigenvalue weighted by Crippen LogP contribution is 2.02. The molecule has 0 aromatic heterocycles. The first kappa shape index (κ1) is 19.0. The molecule has 0 radical (unpaired) electrons. The number of nitroso groups, excluding NO2 is 1. The third-order valence-electron chi connectivity index (χ3n) is 2.10. The van der Waals surface area contributed by atoms with Gasteiger partial charge in [-0.05, 0) is 13.8 Å². The summed E-state index contributed by atoms with van der Waals surface area (Å²) in [5.41, 5.74) is -0.988. The summed E-state index contributed by atoms with van der Waals surface area (Å²) in [5, 5.41) is 14.2. The smallest absolute Gasteiger partial charge is 0.340 e. The molecule has 0 unspecified atom stereocenters. The van der Waals surface area contributed by atoms with E-state index in [1.54, 1.807) is 0 Å². The third-order valence-corrected chi connectivity index (χ3v) is 3.88. The number of alkyl halides is 1. The van der Waals surface area contributed by atoms with Gasteiger partial charge in [0.25, 0.3) is 0 Å². The first-order valence-corrected chi connectivity index (χ1v) is 7.93. The van der Waals surface area contributed by atoms with Crippen LogP contribution < -0.4 is 10.0 Å². The summed E-state index contributed by atoms with van der Waals surface area (Å²) >= 11 is 5.36. The molecule has 0 rings (SSSR count). The van der Waals surface area contributed by atoms with Crippen LogP contribution in [0.4, 0.5) is 4.79 Å². The van der Waals surface area contributed by atoms with Gasteiger partial charge in [0.05, 0.1) is 29.7 Å². The molecule has 3 N–H and O–H groups in total. The number of nitrogens with one attached hydrogen (secondary N) is 2. The van der Waals surface area contributed by atoms with E-state index in [9.17, 15) is 18.1 Å². The van der Waals surface area contributed by atoms with Crippen LogP contribution in [0.3, 0.4) is 0 Å². The zero-order valence-electron chi connectivity index (χ0n) is 11.3. The van der Waals surface area contributed by atoms with Crippen molar-refractivity contribution in [1.29, 1.82) is 0 Å². The number of hydrogen-bond donors (Lipinski definition) is 3. The summed E-state index contributed by atoms with van der Waals surface area (Å²) in [6.07, 6.45) is 0. The third kappa shape index (κ3) is 7.58. The van der Waals surface area contributed by atoms with Gasteiger partial charge in [-0.15, -0.1) is 16.5 Å². The van der Waals surface area contributed by atoms with Crippen molar-refractivity contribution in [3.63, 3.8) is 0 Å². The molecular weight excluding hydrogens is 312 g/mol. The van der Waals surface area contributed by atoms with Crippen LogP contribution in [0, 0.1) is 4.91 Å². The van der Waals surface area contributed by atoms with E-state index in [0.717, 1.165) is 0 Å². The Balaban J connectivity index is 4.29. The Bertz CT molecular complexity index is 428. The van der Waals surface area contributed by atoms with Gasteiger partial charge < -0.3 is 10.4 Å². The van der Waals surface area contributed by atoms with E-state index in [1.807, 2.05) is 0 Å². The van der Waals surface area contributed by atoms with Crippen LogP contribution in [0.1, 0.15) is 13.8 Å². The number of rotatable bonds is 9. The van der Waals surface area contributed by atoms with E-state index in [0.29, 0.717) is 5.01 Å². The van der Waals surface area contributed by atoms with E-state index in [-0.39, 0.29) is 25.6 Å². The first-order chi connectivity index (χ1) is 9.17. The molecular formula is C9H19ClN4O5S. The summed E-state index contributed by atoms with van der Waals surface area (Å²) in [7, 11) is -3.67. The number of urea groups is 1. The van der Waals surface area contributed by atoms with Crippen molar-refractivity contribution < 1.29 is 18.3 Å². The highest BCUT2D eigenvalue weighted by Gasteiger charge is 2.24. The summed E-state index contributed by atoms with van der Waals surface area (Å²) < 4.78 is 25.6. The number of nitrogens with zero attached hydrogens (tertiary/aromatic N) is 2. The van der Waals surface area contributed by atoms with E-state index in [2.05, 4.69) is 15.3 Å². The van der Waals surface area contributed by atoms with E-state index < -0.39 is 27.3 Å². The van der Waals surface area contributed by atoms with Crippen LogP contribution in [-0.2, 0) is 10.0 Å². The molecule has 0 saturated heterocycles. The normalized spacial score (nSPS) is 12.0. The number of sulfonamides is 1. The molecule has 20 heavy (non-hydrogen) atoms. The van der Waals surface area contributed by atoms with Crippen molar-refractivity contribution in [2.24, 2.45) is 5.29 Å². The van der Waals surface area contributed by atoms with Crippen LogP contribution in [0.5, 0.6) is 0 Å². The Morgan fingerprint density at radius 1 is 1.45 bits per heavy atom. The van der Waals surface area contributed by atoms with Gasteiger partial charge in [-0.2, -0.15) is 5.01 Å². The summed E-state index contributed by atoms with van der Waals surface area (Å²) in [6.45, 7) is 2.39. The van der Waals surface area contributed by atoms with E-state index in [4.69, 9.17) is 16.7 Å². The molecule has 0 heterocycles. The largest absolute Gasteiger partial charge is 0.394 e. The van der Waals surface area contributed by atoms with Crippen molar-refractivity contribution >= 4 is 27.7 Å². The fourth-order valence-electron chi connectivity index (χ4n) is 1.15. The lowest BCUT2D eigenvalue weighted by molar-refractivity contribution is 0.202. The van der Waals surface area contributed by atoms with Crippen molar-refractivity contribution in [3.05, 3.63) is 4.91 Å². The van der Waals surface area contributed by atoms with Crippen molar-refractivity contribution in [2.45, 2.75) is 19.4 Å². The number of hydrogen-bond acceptors (Lipinski definition) is 6. The molecule has 0 aromatic rings. The highest BCUT2D eigenvalue weighted by molar-refractivity contribution is 7.89. The zero-order valence-corrected chi connectivity index (χ0v) is 12.9. The Morgan fingerprint density at radius 3 is 2.50 bits per heavy atom. The van der Waals surface area contributed by atoms with E-state index >= 15 is 0 Å². The summed E-state index contributed by atoms with van der Waals surface area (Å²) in [4.78, 5) is 21.7. The molecule has 118 valence electrons. The Kier molecular flexibility index (Phi) is 7.94. The Morgan fingerprint density at radius 2 is 2.05 bits per heavy atom. The van der Waals surface area contributed by atoms with Gasteiger partial charge in [0.15, 0.2) is 0 Å². The van der Waals surface area contributed by atoms with Crippen molar-refractivity contribution in [1.82, 2.24) is 15.0 Å². The molecule has 0 fully saturated rings. The fraction of sp³-hybridized carbons (Fsp3) is 0.889.